The highest BCUT2D eigenvalue weighted by Gasteiger charge is 2.21. The topological polar surface area (TPSA) is 61.4 Å². The minimum atomic E-state index is 0.0812. The number of hydrogen-bond acceptors (Lipinski definition) is 3. The number of nitrogens with one attached hydrogen (secondary N) is 2. The lowest BCUT2D eigenvalue weighted by Crippen LogP contribution is -2.46. The molecule has 16 heavy (non-hydrogen) atoms. The summed E-state index contributed by atoms with van der Waals surface area (Å²) >= 11 is 0. The highest BCUT2D eigenvalue weighted by molar-refractivity contribution is 5.76. The van der Waals surface area contributed by atoms with E-state index in [1.54, 1.807) is 11.9 Å². The van der Waals surface area contributed by atoms with Gasteiger partial charge < -0.3 is 15.5 Å². The molecule has 1 saturated heterocycles. The Labute approximate surface area is 96.6 Å². The van der Waals surface area contributed by atoms with Crippen LogP contribution in [-0.4, -0.2) is 49.9 Å². The molecule has 1 fully saturated rings. The largest absolute Gasteiger partial charge is 0.359 e. The second-order valence-corrected chi connectivity index (χ2v) is 4.24. The third-order valence-corrected chi connectivity index (χ3v) is 2.92. The third kappa shape index (κ3) is 4.18. The standard InChI is InChI=1S/C11H21N3O2/c1-12-10(15)4-3-7-13-9-5-6-11(16)14(2)8-9/h9,13H,3-8H2,1-2H3,(H,12,15). The van der Waals surface area contributed by atoms with Gasteiger partial charge in [0.05, 0.1) is 0 Å². The van der Waals surface area contributed by atoms with Crippen molar-refractivity contribution in [2.45, 2.75) is 31.7 Å². The number of carbonyl (C=O) groups is 2. The number of hydrogen-bond donors (Lipinski definition) is 2. The molecule has 0 bridgehead atoms. The van der Waals surface area contributed by atoms with Crippen LogP contribution in [-0.2, 0) is 9.59 Å². The minimum Gasteiger partial charge on any atom is -0.359 e. The molecule has 92 valence electrons. The zero-order valence-electron chi connectivity index (χ0n) is 10.1. The smallest absolute Gasteiger partial charge is 0.222 e. The Bertz CT molecular complexity index is 256. The van der Waals surface area contributed by atoms with E-state index < -0.39 is 0 Å². The maximum Gasteiger partial charge on any atom is 0.222 e. The van der Waals surface area contributed by atoms with Gasteiger partial charge >= 0.3 is 0 Å². The summed E-state index contributed by atoms with van der Waals surface area (Å²) in [5.41, 5.74) is 0. The van der Waals surface area contributed by atoms with E-state index in [0.29, 0.717) is 18.9 Å². The zero-order valence-corrected chi connectivity index (χ0v) is 10.1. The lowest BCUT2D eigenvalue weighted by Gasteiger charge is -2.30. The Morgan fingerprint density at radius 1 is 1.56 bits per heavy atom. The van der Waals surface area contributed by atoms with Gasteiger partial charge in [-0.05, 0) is 19.4 Å². The van der Waals surface area contributed by atoms with E-state index in [0.717, 1.165) is 25.9 Å². The highest BCUT2D eigenvalue weighted by Crippen LogP contribution is 2.09. The first-order valence-electron chi connectivity index (χ1n) is 5.81. The predicted octanol–water partition coefficient (Wildman–Crippen LogP) is -0.277. The summed E-state index contributed by atoms with van der Waals surface area (Å²) in [5.74, 6) is 0.307. The fourth-order valence-electron chi connectivity index (χ4n) is 1.86. The second kappa shape index (κ2) is 6.48. The Balaban J connectivity index is 2.09. The van der Waals surface area contributed by atoms with E-state index in [1.165, 1.54) is 0 Å². The van der Waals surface area contributed by atoms with Crippen LogP contribution in [0.5, 0.6) is 0 Å². The van der Waals surface area contributed by atoms with Gasteiger partial charge in [-0.2, -0.15) is 0 Å². The molecule has 0 aromatic rings. The fraction of sp³-hybridized carbons (Fsp3) is 0.818. The molecule has 5 heteroatoms. The van der Waals surface area contributed by atoms with Crippen LogP contribution in [0.4, 0.5) is 0 Å². The Kier molecular flexibility index (Phi) is 5.25. The van der Waals surface area contributed by atoms with Crippen molar-refractivity contribution >= 4 is 11.8 Å². The lowest BCUT2D eigenvalue weighted by molar-refractivity contribution is -0.132. The number of rotatable bonds is 5. The van der Waals surface area contributed by atoms with Gasteiger partial charge in [0, 0.05) is 39.5 Å². The number of nitrogens with zero attached hydrogens (tertiary/aromatic N) is 1. The predicted molar refractivity (Wildman–Crippen MR) is 62.0 cm³/mol. The normalized spacial score (nSPS) is 21.0. The van der Waals surface area contributed by atoms with Crippen molar-refractivity contribution < 1.29 is 9.59 Å². The summed E-state index contributed by atoms with van der Waals surface area (Å²) in [7, 11) is 3.48. The van der Waals surface area contributed by atoms with E-state index >= 15 is 0 Å². The van der Waals surface area contributed by atoms with Crippen molar-refractivity contribution in [1.29, 1.82) is 0 Å². The molecule has 0 aromatic heterocycles. The Morgan fingerprint density at radius 2 is 2.31 bits per heavy atom. The molecular weight excluding hydrogens is 206 g/mol. The quantitative estimate of drug-likeness (QED) is 0.635. The van der Waals surface area contributed by atoms with Gasteiger partial charge in [0.1, 0.15) is 0 Å². The average Bonchev–Trinajstić information content (AvgIpc) is 2.28. The Hall–Kier alpha value is -1.10. The van der Waals surface area contributed by atoms with Crippen LogP contribution in [0.2, 0.25) is 0 Å². The van der Waals surface area contributed by atoms with Gasteiger partial charge in [-0.1, -0.05) is 0 Å². The summed E-state index contributed by atoms with van der Waals surface area (Å²) in [6.45, 7) is 1.61. The van der Waals surface area contributed by atoms with Crippen molar-refractivity contribution in [3.8, 4) is 0 Å². The molecular formula is C11H21N3O2. The summed E-state index contributed by atoms with van der Waals surface area (Å²) in [4.78, 5) is 24.0. The maximum atomic E-state index is 11.2. The van der Waals surface area contributed by atoms with Crippen LogP contribution >= 0.6 is 0 Å². The molecule has 1 heterocycles. The van der Waals surface area contributed by atoms with Gasteiger partial charge in [0.15, 0.2) is 0 Å². The van der Waals surface area contributed by atoms with Crippen molar-refractivity contribution in [2.24, 2.45) is 0 Å². The van der Waals surface area contributed by atoms with E-state index in [2.05, 4.69) is 10.6 Å². The van der Waals surface area contributed by atoms with Crippen LogP contribution in [0.3, 0.4) is 0 Å². The molecule has 2 amide bonds. The first kappa shape index (κ1) is 13.0. The number of likely N-dealkylation sites (N-methyl/N-ethyl adjacent to an activating group) is 1. The molecule has 1 unspecified atom stereocenters. The summed E-state index contributed by atoms with van der Waals surface area (Å²) in [5, 5.41) is 5.97. The lowest BCUT2D eigenvalue weighted by atomic mass is 10.1. The molecule has 1 rings (SSSR count). The molecule has 1 aliphatic heterocycles. The third-order valence-electron chi connectivity index (χ3n) is 2.92. The fourth-order valence-corrected chi connectivity index (χ4v) is 1.86. The number of piperidine rings is 1. The van der Waals surface area contributed by atoms with E-state index in [9.17, 15) is 9.59 Å². The first-order chi connectivity index (χ1) is 7.63. The van der Waals surface area contributed by atoms with E-state index in [-0.39, 0.29) is 11.8 Å². The highest BCUT2D eigenvalue weighted by atomic mass is 16.2. The molecule has 0 aromatic carbocycles. The van der Waals surface area contributed by atoms with Crippen LogP contribution < -0.4 is 10.6 Å². The SMILES string of the molecule is CNC(=O)CCCNC1CCC(=O)N(C)C1. The Morgan fingerprint density at radius 3 is 2.94 bits per heavy atom. The molecule has 0 spiro atoms. The van der Waals surface area contributed by atoms with Gasteiger partial charge in [-0.15, -0.1) is 0 Å². The van der Waals surface area contributed by atoms with Crippen molar-refractivity contribution in [2.75, 3.05) is 27.2 Å². The summed E-state index contributed by atoms with van der Waals surface area (Å²) < 4.78 is 0. The van der Waals surface area contributed by atoms with Crippen molar-refractivity contribution in [3.63, 3.8) is 0 Å². The summed E-state index contributed by atoms with van der Waals surface area (Å²) in [6.07, 6.45) is 2.94. The molecule has 0 saturated carbocycles. The zero-order chi connectivity index (χ0) is 12.0. The summed E-state index contributed by atoms with van der Waals surface area (Å²) in [6, 6.07) is 0.382. The molecule has 1 aliphatic rings. The van der Waals surface area contributed by atoms with Crippen LogP contribution in [0, 0.1) is 0 Å². The van der Waals surface area contributed by atoms with Crippen LogP contribution in [0.15, 0.2) is 0 Å². The van der Waals surface area contributed by atoms with E-state index in [4.69, 9.17) is 0 Å². The minimum absolute atomic E-state index is 0.0812. The number of likely N-dealkylation sites (tertiary alicyclic amines) is 1. The number of amides is 2. The maximum absolute atomic E-state index is 11.2. The van der Waals surface area contributed by atoms with Gasteiger partial charge in [-0.25, -0.2) is 0 Å². The molecule has 5 nitrogen and oxygen atoms in total. The second-order valence-electron chi connectivity index (χ2n) is 4.24. The van der Waals surface area contributed by atoms with Crippen molar-refractivity contribution in [1.82, 2.24) is 15.5 Å². The van der Waals surface area contributed by atoms with Gasteiger partial charge in [0.25, 0.3) is 0 Å². The molecule has 2 N–H and O–H groups in total. The monoisotopic (exact) mass is 227 g/mol. The molecule has 0 radical (unpaired) electrons. The van der Waals surface area contributed by atoms with Crippen molar-refractivity contribution in [3.05, 3.63) is 0 Å². The van der Waals surface area contributed by atoms with Gasteiger partial charge in [-0.3, -0.25) is 9.59 Å². The van der Waals surface area contributed by atoms with Crippen LogP contribution in [0.1, 0.15) is 25.7 Å². The average molecular weight is 227 g/mol. The number of carbonyl (C=O) groups excluding carboxylic acids is 2. The van der Waals surface area contributed by atoms with Gasteiger partial charge in [0.2, 0.25) is 11.8 Å². The molecule has 0 aliphatic carbocycles. The van der Waals surface area contributed by atoms with E-state index in [1.807, 2.05) is 7.05 Å². The molecule has 1 atom stereocenters. The van der Waals surface area contributed by atoms with Crippen LogP contribution in [0.25, 0.3) is 0 Å². The first-order valence-corrected chi connectivity index (χ1v) is 5.81.